The van der Waals surface area contributed by atoms with Gasteiger partial charge < -0.3 is 18.8 Å². The lowest BCUT2D eigenvalue weighted by Crippen LogP contribution is -2.59. The van der Waals surface area contributed by atoms with Crippen molar-refractivity contribution in [3.05, 3.63) is 203 Å². The van der Waals surface area contributed by atoms with Gasteiger partial charge in [-0.05, 0) is 179 Å². The molecule has 0 atom stereocenters. The Balaban J connectivity index is 1.11. The number of hydrogen-bond acceptors (Lipinski definition) is 2. The third-order valence-electron chi connectivity index (χ3n) is 16.8. The van der Waals surface area contributed by atoms with Crippen molar-refractivity contribution in [1.29, 1.82) is 0 Å². The van der Waals surface area contributed by atoms with Gasteiger partial charge in [-0.25, -0.2) is 0 Å². The van der Waals surface area contributed by atoms with E-state index in [0.717, 1.165) is 37.2 Å². The summed E-state index contributed by atoms with van der Waals surface area (Å²) in [5.74, 6) is 1.87. The molecule has 0 bridgehead atoms. The summed E-state index contributed by atoms with van der Waals surface area (Å²) >= 11 is 0. The van der Waals surface area contributed by atoms with Gasteiger partial charge >= 0.3 is 0 Å². The Kier molecular flexibility index (Phi) is 10.0. The van der Waals surface area contributed by atoms with Crippen molar-refractivity contribution in [3.8, 4) is 45.1 Å². The molecule has 0 saturated carbocycles. The average Bonchev–Trinajstić information content (AvgIpc) is 3.93. The maximum Gasteiger partial charge on any atom is 0.256 e. The molecule has 0 N–H and O–H groups in total. The quantitative estimate of drug-likeness (QED) is 0.160. The summed E-state index contributed by atoms with van der Waals surface area (Å²) in [6.07, 6.45) is 9.30. The SMILES string of the molecule is CC(C)(C)c1cc(-c2ccccc2)c(N2c3cc(-n4c5c(c6ccccc64)CCCC5)ccc3B3c4cc(-n5c6c(c7ccccc75)CCCC6)ccc4Oc4cc(C(C)(C)C)cc2c43)c(-c2ccccc2)c1. The molecule has 0 spiro atoms. The number of aryl methyl sites for hydroxylation is 2. The van der Waals surface area contributed by atoms with E-state index in [1.165, 1.54) is 148 Å². The van der Waals surface area contributed by atoms with Gasteiger partial charge in [0.1, 0.15) is 11.5 Å². The second kappa shape index (κ2) is 16.5. The van der Waals surface area contributed by atoms with Gasteiger partial charge in [-0.3, -0.25) is 0 Å². The fourth-order valence-corrected chi connectivity index (χ4v) is 13.2. The Labute approximate surface area is 431 Å². The van der Waals surface area contributed by atoms with Crippen molar-refractivity contribution in [2.24, 2.45) is 0 Å². The van der Waals surface area contributed by atoms with Crippen molar-refractivity contribution in [2.75, 3.05) is 4.90 Å². The first-order chi connectivity index (χ1) is 35.5. The van der Waals surface area contributed by atoms with Gasteiger partial charge in [-0.2, -0.15) is 0 Å². The van der Waals surface area contributed by atoms with E-state index >= 15 is 0 Å². The highest BCUT2D eigenvalue weighted by Gasteiger charge is 2.44. The zero-order valence-corrected chi connectivity index (χ0v) is 43.1. The number of anilines is 3. The molecule has 14 rings (SSSR count). The Morgan fingerprint density at radius 3 is 1.52 bits per heavy atom. The van der Waals surface area contributed by atoms with Crippen molar-refractivity contribution in [3.63, 3.8) is 0 Å². The third-order valence-corrected chi connectivity index (χ3v) is 16.8. The van der Waals surface area contributed by atoms with Gasteiger partial charge in [0.05, 0.1) is 16.7 Å². The van der Waals surface area contributed by atoms with Crippen molar-refractivity contribution < 1.29 is 4.74 Å². The number of hydrogen-bond donors (Lipinski definition) is 0. The molecule has 0 fully saturated rings. The lowest BCUT2D eigenvalue weighted by Gasteiger charge is -2.43. The smallest absolute Gasteiger partial charge is 0.256 e. The molecule has 2 aliphatic heterocycles. The first-order valence-corrected chi connectivity index (χ1v) is 27.0. The number of para-hydroxylation sites is 2. The lowest BCUT2D eigenvalue weighted by molar-refractivity contribution is 0.483. The Morgan fingerprint density at radius 2 is 0.945 bits per heavy atom. The number of benzene rings is 8. The molecule has 0 radical (unpaired) electrons. The summed E-state index contributed by atoms with van der Waals surface area (Å²) in [7, 11) is 0. The van der Waals surface area contributed by atoms with E-state index < -0.39 is 0 Å². The molecule has 0 unspecified atom stereocenters. The molecular weight excluding hydrogens is 886 g/mol. The van der Waals surface area contributed by atoms with E-state index in [2.05, 4.69) is 225 Å². The van der Waals surface area contributed by atoms with E-state index in [0.29, 0.717) is 0 Å². The Hall–Kier alpha value is -7.50. The van der Waals surface area contributed by atoms with Crippen LogP contribution in [0.25, 0.3) is 55.4 Å². The van der Waals surface area contributed by atoms with Crippen LogP contribution in [0.15, 0.2) is 170 Å². The summed E-state index contributed by atoms with van der Waals surface area (Å²) in [6, 6.07) is 64.8. The summed E-state index contributed by atoms with van der Waals surface area (Å²) in [6.45, 7) is 14.0. The summed E-state index contributed by atoms with van der Waals surface area (Å²) in [4.78, 5) is 2.67. The monoisotopic (exact) mass is 947 g/mol. The minimum Gasteiger partial charge on any atom is -0.458 e. The average molecular weight is 948 g/mol. The first kappa shape index (κ1) is 44.2. The molecule has 5 heteroatoms. The largest absolute Gasteiger partial charge is 0.458 e. The fraction of sp³-hybridized carbons (Fsp3) is 0.235. The second-order valence-corrected chi connectivity index (χ2v) is 23.4. The molecule has 2 aliphatic carbocycles. The minimum atomic E-state index is -0.166. The number of ether oxygens (including phenoxy) is 1. The molecular formula is C68H62BN3O. The molecule has 4 nitrogen and oxygen atoms in total. The van der Waals surface area contributed by atoms with E-state index in [-0.39, 0.29) is 17.5 Å². The Morgan fingerprint density at radius 1 is 0.438 bits per heavy atom. The van der Waals surface area contributed by atoms with Gasteiger partial charge in [0.2, 0.25) is 0 Å². The van der Waals surface area contributed by atoms with E-state index in [4.69, 9.17) is 4.74 Å². The number of fused-ring (bicyclic) bond motifs is 10. The van der Waals surface area contributed by atoms with Gasteiger partial charge in [-0.1, -0.05) is 145 Å². The van der Waals surface area contributed by atoms with Crippen molar-refractivity contribution >= 4 is 62.0 Å². The minimum absolute atomic E-state index is 0.0924. The molecule has 0 saturated heterocycles. The van der Waals surface area contributed by atoms with Crippen LogP contribution in [0, 0.1) is 0 Å². The van der Waals surface area contributed by atoms with Crippen LogP contribution in [0.2, 0.25) is 0 Å². The van der Waals surface area contributed by atoms with E-state index in [9.17, 15) is 0 Å². The van der Waals surface area contributed by atoms with Crippen molar-refractivity contribution in [2.45, 2.75) is 104 Å². The summed E-state index contributed by atoms with van der Waals surface area (Å²) in [5, 5.41) is 2.78. The molecule has 4 heterocycles. The molecule has 0 amide bonds. The van der Waals surface area contributed by atoms with Gasteiger partial charge in [-0.15, -0.1) is 0 Å². The van der Waals surface area contributed by atoms with E-state index in [1.54, 1.807) is 0 Å². The zero-order valence-electron chi connectivity index (χ0n) is 43.1. The van der Waals surface area contributed by atoms with E-state index in [1.807, 2.05) is 0 Å². The maximum absolute atomic E-state index is 7.38. The van der Waals surface area contributed by atoms with Gasteiger partial charge in [0, 0.05) is 56.0 Å². The maximum atomic E-state index is 7.38. The second-order valence-electron chi connectivity index (χ2n) is 23.4. The highest BCUT2D eigenvalue weighted by Crippen LogP contribution is 2.52. The number of aromatic nitrogens is 2. The van der Waals surface area contributed by atoms with Crippen molar-refractivity contribution in [1.82, 2.24) is 9.13 Å². The summed E-state index contributed by atoms with van der Waals surface area (Å²) in [5.41, 5.74) is 25.3. The van der Waals surface area contributed by atoms with Gasteiger partial charge in [0.15, 0.2) is 0 Å². The van der Waals surface area contributed by atoms with Crippen LogP contribution in [-0.2, 0) is 36.5 Å². The number of nitrogens with zero attached hydrogens (tertiary/aromatic N) is 3. The van der Waals surface area contributed by atoms with Crippen LogP contribution in [0.1, 0.15) is 101 Å². The molecule has 8 aromatic carbocycles. The topological polar surface area (TPSA) is 22.3 Å². The molecule has 10 aromatic rings. The molecule has 358 valence electrons. The molecule has 73 heavy (non-hydrogen) atoms. The highest BCUT2D eigenvalue weighted by atomic mass is 16.5. The standard InChI is InChI=1S/C68H62BN3O/c1-67(2,3)45-37-53(43-21-9-7-10-22-43)66(54(38-45)44-23-11-8-12-24-44)72-61-42-48(71-59-31-19-15-27-51(59)52-28-16-20-32-60(52)71)33-35-55(61)69-56-41-47(70-57-29-17-13-25-49(57)50-26-14-18-30-58(50)70)34-36-63(56)73-64-40-46(68(4,5)6)39-62(72)65(64)69/h7-13,15,17,19,21-25,27,29,31,33-42H,14,16,18,20,26,28,30,32H2,1-6H3. The van der Waals surface area contributed by atoms with Crippen LogP contribution in [0.5, 0.6) is 11.5 Å². The molecule has 4 aliphatic rings. The third kappa shape index (κ3) is 6.94. The lowest BCUT2D eigenvalue weighted by atomic mass is 9.34. The molecule has 2 aromatic heterocycles. The highest BCUT2D eigenvalue weighted by molar-refractivity contribution is 6.99. The zero-order chi connectivity index (χ0) is 49.3. The van der Waals surface area contributed by atoms with Crippen LogP contribution in [-0.4, -0.2) is 15.8 Å². The normalized spacial score (nSPS) is 14.9. The van der Waals surface area contributed by atoms with Gasteiger partial charge in [0.25, 0.3) is 6.71 Å². The van der Waals surface area contributed by atoms with Crippen LogP contribution >= 0.6 is 0 Å². The number of rotatable bonds is 5. The predicted molar refractivity (Wildman–Crippen MR) is 308 cm³/mol. The van der Waals surface area contributed by atoms with Crippen LogP contribution in [0.4, 0.5) is 17.1 Å². The fourth-order valence-electron chi connectivity index (χ4n) is 13.2. The predicted octanol–water partition coefficient (Wildman–Crippen LogP) is 15.7. The van der Waals surface area contributed by atoms with Crippen LogP contribution in [0.3, 0.4) is 0 Å². The van der Waals surface area contributed by atoms with Crippen LogP contribution < -0.4 is 26.0 Å². The summed E-state index contributed by atoms with van der Waals surface area (Å²) < 4.78 is 12.6. The first-order valence-electron chi connectivity index (χ1n) is 27.0. The Bertz CT molecular complexity index is 3800.